The zero-order chi connectivity index (χ0) is 19.6. The first kappa shape index (κ1) is 19.2. The molecule has 1 aromatic carbocycles. The monoisotopic (exact) mass is 372 g/mol. The highest BCUT2D eigenvalue weighted by Crippen LogP contribution is 2.30. The molecule has 0 spiro atoms. The number of nitrogens with zero attached hydrogens (tertiary/aromatic N) is 3. The third-order valence-electron chi connectivity index (χ3n) is 5.25. The number of amides is 1. The first-order valence-electron chi connectivity index (χ1n) is 9.22. The van der Waals surface area contributed by atoms with Crippen molar-refractivity contribution in [3.05, 3.63) is 35.4 Å². The van der Waals surface area contributed by atoms with Crippen LogP contribution in [0.15, 0.2) is 18.2 Å². The van der Waals surface area contributed by atoms with Gasteiger partial charge in [-0.05, 0) is 59.0 Å². The summed E-state index contributed by atoms with van der Waals surface area (Å²) in [6.45, 7) is 6.05. The van der Waals surface area contributed by atoms with Gasteiger partial charge in [0.2, 0.25) is 0 Å². The van der Waals surface area contributed by atoms with Gasteiger partial charge in [0.05, 0.1) is 19.9 Å². The summed E-state index contributed by atoms with van der Waals surface area (Å²) in [5.74, 6) is 1.86. The largest absolute Gasteiger partial charge is 0.497 e. The maximum absolute atomic E-state index is 12.9. The van der Waals surface area contributed by atoms with Crippen LogP contribution < -0.4 is 14.8 Å². The van der Waals surface area contributed by atoms with Gasteiger partial charge in [0, 0.05) is 17.8 Å². The molecule has 7 heteroatoms. The number of piperidine rings is 1. The third-order valence-corrected chi connectivity index (χ3v) is 5.25. The smallest absolute Gasteiger partial charge is 0.276 e. The summed E-state index contributed by atoms with van der Waals surface area (Å²) >= 11 is 0. The molecule has 7 nitrogen and oxygen atoms in total. The molecule has 0 unspecified atom stereocenters. The van der Waals surface area contributed by atoms with Crippen LogP contribution in [0.1, 0.15) is 40.9 Å². The lowest BCUT2D eigenvalue weighted by molar-refractivity contribution is 0.102. The average Bonchev–Trinajstić information content (AvgIpc) is 2.97. The molecule has 3 rings (SSSR count). The number of likely N-dealkylation sites (tertiary alicyclic amines) is 1. The van der Waals surface area contributed by atoms with E-state index in [0.29, 0.717) is 28.9 Å². The number of carbonyl (C=O) groups excluding carboxylic acids is 1. The van der Waals surface area contributed by atoms with Crippen molar-refractivity contribution in [1.82, 2.24) is 14.5 Å². The molecule has 1 fully saturated rings. The number of hydrogen-bond acceptors (Lipinski definition) is 5. The molecule has 1 aromatic heterocycles. The minimum absolute atomic E-state index is 0.242. The Hall–Kier alpha value is -2.54. The normalized spacial score (nSPS) is 15.6. The number of anilines is 1. The Morgan fingerprint density at radius 3 is 2.52 bits per heavy atom. The summed E-state index contributed by atoms with van der Waals surface area (Å²) in [6, 6.07) is 5.69. The van der Waals surface area contributed by atoms with E-state index in [1.54, 1.807) is 32.4 Å². The molecular weight excluding hydrogens is 344 g/mol. The van der Waals surface area contributed by atoms with Crippen molar-refractivity contribution in [3.8, 4) is 11.5 Å². The van der Waals surface area contributed by atoms with Gasteiger partial charge in [-0.25, -0.2) is 4.98 Å². The van der Waals surface area contributed by atoms with Crippen molar-refractivity contribution < 1.29 is 14.3 Å². The second-order valence-corrected chi connectivity index (χ2v) is 7.02. The number of benzene rings is 1. The number of ether oxygens (including phenoxy) is 2. The predicted octanol–water partition coefficient (Wildman–Crippen LogP) is 3.04. The van der Waals surface area contributed by atoms with Crippen LogP contribution in [-0.2, 0) is 0 Å². The van der Waals surface area contributed by atoms with Crippen molar-refractivity contribution in [3.63, 3.8) is 0 Å². The highest BCUT2D eigenvalue weighted by molar-refractivity contribution is 6.04. The van der Waals surface area contributed by atoms with E-state index in [9.17, 15) is 4.79 Å². The first-order chi connectivity index (χ1) is 12.9. The number of nitrogens with one attached hydrogen (secondary N) is 1. The van der Waals surface area contributed by atoms with Crippen LogP contribution in [0.2, 0.25) is 0 Å². The van der Waals surface area contributed by atoms with Crippen LogP contribution in [0.4, 0.5) is 5.69 Å². The molecule has 1 aliphatic rings. The van der Waals surface area contributed by atoms with Crippen LogP contribution in [0.25, 0.3) is 0 Å². The lowest BCUT2D eigenvalue weighted by Gasteiger charge is -2.31. The third kappa shape index (κ3) is 3.93. The molecule has 0 radical (unpaired) electrons. The summed E-state index contributed by atoms with van der Waals surface area (Å²) in [6.07, 6.45) is 2.14. The van der Waals surface area contributed by atoms with E-state index in [4.69, 9.17) is 9.47 Å². The molecule has 1 aliphatic heterocycles. The van der Waals surface area contributed by atoms with Gasteiger partial charge < -0.3 is 24.3 Å². The number of aromatic nitrogens is 2. The Balaban J connectivity index is 1.85. The van der Waals surface area contributed by atoms with E-state index in [2.05, 4.69) is 26.8 Å². The van der Waals surface area contributed by atoms with E-state index in [1.807, 2.05) is 13.8 Å². The van der Waals surface area contributed by atoms with Gasteiger partial charge in [-0.2, -0.15) is 0 Å². The van der Waals surface area contributed by atoms with E-state index in [0.717, 1.165) is 37.4 Å². The number of methoxy groups -OCH3 is 2. The number of aryl methyl sites for hydroxylation is 1. The number of rotatable bonds is 5. The molecule has 0 bridgehead atoms. The highest BCUT2D eigenvalue weighted by Gasteiger charge is 2.25. The Morgan fingerprint density at radius 1 is 1.19 bits per heavy atom. The zero-order valence-electron chi connectivity index (χ0n) is 16.7. The lowest BCUT2D eigenvalue weighted by Crippen LogP contribution is -2.32. The Bertz CT molecular complexity index is 823. The van der Waals surface area contributed by atoms with Crippen molar-refractivity contribution in [2.75, 3.05) is 39.7 Å². The molecule has 1 saturated heterocycles. The van der Waals surface area contributed by atoms with E-state index in [1.165, 1.54) is 0 Å². The van der Waals surface area contributed by atoms with Gasteiger partial charge in [0.15, 0.2) is 0 Å². The van der Waals surface area contributed by atoms with Crippen LogP contribution in [0.5, 0.6) is 11.5 Å². The molecule has 27 heavy (non-hydrogen) atoms. The summed E-state index contributed by atoms with van der Waals surface area (Å²) in [5, 5.41) is 2.92. The first-order valence-corrected chi connectivity index (χ1v) is 9.22. The Kier molecular flexibility index (Phi) is 5.70. The molecule has 146 valence electrons. The van der Waals surface area contributed by atoms with E-state index in [-0.39, 0.29) is 5.91 Å². The number of carbonyl (C=O) groups is 1. The fraction of sp³-hybridized carbons (Fsp3) is 0.500. The summed E-state index contributed by atoms with van der Waals surface area (Å²) in [4.78, 5) is 19.8. The van der Waals surface area contributed by atoms with Gasteiger partial charge in [0.25, 0.3) is 5.91 Å². The predicted molar refractivity (Wildman–Crippen MR) is 105 cm³/mol. The SMILES string of the molecule is COc1ccc(OC)c(NC(=O)c2nc(C)n(C3CCN(C)CC3)c2C)c1. The van der Waals surface area contributed by atoms with E-state index < -0.39 is 0 Å². The second-order valence-electron chi connectivity index (χ2n) is 7.02. The van der Waals surface area contributed by atoms with Gasteiger partial charge >= 0.3 is 0 Å². The number of hydrogen-bond donors (Lipinski definition) is 1. The molecule has 1 amide bonds. The van der Waals surface area contributed by atoms with Gasteiger partial charge in [-0.3, -0.25) is 4.79 Å². The van der Waals surface area contributed by atoms with Gasteiger partial charge in [-0.15, -0.1) is 0 Å². The van der Waals surface area contributed by atoms with E-state index >= 15 is 0 Å². The molecule has 0 atom stereocenters. The molecule has 0 saturated carbocycles. The van der Waals surface area contributed by atoms with Crippen molar-refractivity contribution >= 4 is 11.6 Å². The maximum atomic E-state index is 12.9. The van der Waals surface area contributed by atoms with Gasteiger partial charge in [-0.1, -0.05) is 0 Å². The van der Waals surface area contributed by atoms with Crippen molar-refractivity contribution in [2.24, 2.45) is 0 Å². The number of imidazole rings is 1. The minimum atomic E-state index is -0.242. The Labute approximate surface area is 160 Å². The van der Waals surface area contributed by atoms with Gasteiger partial charge in [0.1, 0.15) is 23.0 Å². The molecular formula is C20H28N4O3. The summed E-state index contributed by atoms with van der Waals surface area (Å²) in [5.41, 5.74) is 1.92. The summed E-state index contributed by atoms with van der Waals surface area (Å²) in [7, 11) is 5.30. The Morgan fingerprint density at radius 2 is 1.89 bits per heavy atom. The fourth-order valence-corrected chi connectivity index (χ4v) is 3.75. The summed E-state index contributed by atoms with van der Waals surface area (Å²) < 4.78 is 12.8. The minimum Gasteiger partial charge on any atom is -0.497 e. The quantitative estimate of drug-likeness (QED) is 0.874. The standard InChI is InChI=1S/C20H28N4O3/c1-13-19(21-14(2)24(13)15-8-10-23(3)11-9-15)20(25)22-17-12-16(26-4)6-7-18(17)27-5/h6-7,12,15H,8-11H2,1-5H3,(H,22,25). The van der Waals surface area contributed by atoms with Crippen LogP contribution in [0, 0.1) is 13.8 Å². The maximum Gasteiger partial charge on any atom is 0.276 e. The molecule has 0 aliphatic carbocycles. The van der Waals surface area contributed by atoms with Crippen LogP contribution >= 0.6 is 0 Å². The highest BCUT2D eigenvalue weighted by atomic mass is 16.5. The van der Waals surface area contributed by atoms with Crippen molar-refractivity contribution in [2.45, 2.75) is 32.7 Å². The molecule has 2 aromatic rings. The average molecular weight is 372 g/mol. The molecule has 2 heterocycles. The van der Waals surface area contributed by atoms with Crippen LogP contribution in [0.3, 0.4) is 0 Å². The molecule has 1 N–H and O–H groups in total. The zero-order valence-corrected chi connectivity index (χ0v) is 16.7. The van der Waals surface area contributed by atoms with Crippen LogP contribution in [-0.4, -0.2) is 54.7 Å². The lowest BCUT2D eigenvalue weighted by atomic mass is 10.0. The van der Waals surface area contributed by atoms with Crippen molar-refractivity contribution in [1.29, 1.82) is 0 Å². The second kappa shape index (κ2) is 8.00. The fourth-order valence-electron chi connectivity index (χ4n) is 3.75. The topological polar surface area (TPSA) is 68.6 Å².